The van der Waals surface area contributed by atoms with Crippen molar-refractivity contribution in [1.29, 1.82) is 0 Å². The first-order valence-corrected chi connectivity index (χ1v) is 6.97. The Morgan fingerprint density at radius 3 is 2.52 bits per heavy atom. The van der Waals surface area contributed by atoms with Crippen LogP contribution in [0.2, 0.25) is 0 Å². The van der Waals surface area contributed by atoms with Crippen LogP contribution in [-0.4, -0.2) is 19.3 Å². The van der Waals surface area contributed by atoms with E-state index < -0.39 is 0 Å². The van der Waals surface area contributed by atoms with E-state index >= 15 is 0 Å². The van der Waals surface area contributed by atoms with E-state index in [1.807, 2.05) is 0 Å². The van der Waals surface area contributed by atoms with E-state index in [9.17, 15) is 9.50 Å². The highest BCUT2D eigenvalue weighted by atomic mass is 79.9. The first-order valence-electron chi connectivity index (χ1n) is 6.18. The predicted octanol–water partition coefficient (Wildman–Crippen LogP) is 3.92. The molecule has 0 unspecified atom stereocenters. The number of phenolic OH excluding ortho intramolecular Hbond substituents is 1. The van der Waals surface area contributed by atoms with Gasteiger partial charge >= 0.3 is 0 Å². The molecule has 21 heavy (non-hydrogen) atoms. The standard InChI is InChI=1S/C15H15BrFNO3/c1-20-13-7-10(17)3-4-12(13)18-8-9-5-11(16)15(19)14(6-9)21-2/h3-7,18-19H,8H2,1-2H3. The first kappa shape index (κ1) is 15.4. The fourth-order valence-electron chi connectivity index (χ4n) is 1.89. The number of nitrogens with one attached hydrogen (secondary N) is 1. The number of hydrogen-bond donors (Lipinski definition) is 2. The third-order valence-electron chi connectivity index (χ3n) is 2.95. The van der Waals surface area contributed by atoms with Crippen molar-refractivity contribution in [3.63, 3.8) is 0 Å². The number of hydrogen-bond acceptors (Lipinski definition) is 4. The second kappa shape index (κ2) is 6.67. The zero-order chi connectivity index (χ0) is 15.4. The van der Waals surface area contributed by atoms with Gasteiger partial charge in [0.25, 0.3) is 0 Å². The quantitative estimate of drug-likeness (QED) is 0.853. The van der Waals surface area contributed by atoms with Gasteiger partial charge in [0.05, 0.1) is 24.4 Å². The van der Waals surface area contributed by atoms with Gasteiger partial charge in [0.15, 0.2) is 11.5 Å². The minimum absolute atomic E-state index is 0.0561. The minimum atomic E-state index is -0.355. The summed E-state index contributed by atoms with van der Waals surface area (Å²) in [5.41, 5.74) is 1.57. The van der Waals surface area contributed by atoms with Crippen LogP contribution < -0.4 is 14.8 Å². The average molecular weight is 356 g/mol. The summed E-state index contributed by atoms with van der Waals surface area (Å²) in [6.45, 7) is 0.469. The maximum Gasteiger partial charge on any atom is 0.172 e. The monoisotopic (exact) mass is 355 g/mol. The third kappa shape index (κ3) is 3.58. The Bertz CT molecular complexity index is 649. The van der Waals surface area contributed by atoms with Crippen molar-refractivity contribution in [3.05, 3.63) is 46.2 Å². The summed E-state index contributed by atoms with van der Waals surface area (Å²) >= 11 is 3.27. The third-order valence-corrected chi connectivity index (χ3v) is 3.56. The van der Waals surface area contributed by atoms with Gasteiger partial charge in [-0.1, -0.05) is 0 Å². The van der Waals surface area contributed by atoms with Gasteiger partial charge in [0, 0.05) is 12.6 Å². The highest BCUT2D eigenvalue weighted by Crippen LogP contribution is 2.35. The normalized spacial score (nSPS) is 10.3. The van der Waals surface area contributed by atoms with Crippen LogP contribution >= 0.6 is 15.9 Å². The Morgan fingerprint density at radius 1 is 1.14 bits per heavy atom. The molecule has 0 fully saturated rings. The average Bonchev–Trinajstić information content (AvgIpc) is 2.48. The summed E-state index contributed by atoms with van der Waals surface area (Å²) in [7, 11) is 2.97. The molecule has 0 saturated carbocycles. The van der Waals surface area contributed by atoms with Crippen molar-refractivity contribution in [3.8, 4) is 17.2 Å². The number of rotatable bonds is 5. The maximum absolute atomic E-state index is 13.1. The molecule has 0 aliphatic heterocycles. The molecule has 2 rings (SSSR count). The number of methoxy groups -OCH3 is 2. The Kier molecular flexibility index (Phi) is 4.90. The molecule has 4 nitrogen and oxygen atoms in total. The molecule has 0 aromatic heterocycles. The van der Waals surface area contributed by atoms with E-state index in [1.54, 1.807) is 18.2 Å². The lowest BCUT2D eigenvalue weighted by Crippen LogP contribution is -2.02. The molecule has 0 heterocycles. The molecule has 0 aliphatic carbocycles. The van der Waals surface area contributed by atoms with Gasteiger partial charge in [-0.3, -0.25) is 0 Å². The molecule has 0 bridgehead atoms. The lowest BCUT2D eigenvalue weighted by atomic mass is 10.2. The van der Waals surface area contributed by atoms with Crippen LogP contribution in [0, 0.1) is 5.82 Å². The Morgan fingerprint density at radius 2 is 1.86 bits per heavy atom. The van der Waals surface area contributed by atoms with Gasteiger partial charge in [-0.25, -0.2) is 4.39 Å². The fraction of sp³-hybridized carbons (Fsp3) is 0.200. The summed E-state index contributed by atoms with van der Waals surface area (Å²) < 4.78 is 23.9. The Balaban J connectivity index is 2.18. The van der Waals surface area contributed by atoms with Crippen LogP contribution in [0.1, 0.15) is 5.56 Å². The molecule has 0 amide bonds. The van der Waals surface area contributed by atoms with Gasteiger partial charge in [-0.2, -0.15) is 0 Å². The first-order chi connectivity index (χ1) is 10.0. The maximum atomic E-state index is 13.1. The summed E-state index contributed by atoms with van der Waals surface area (Å²) in [6.07, 6.45) is 0. The summed E-state index contributed by atoms with van der Waals surface area (Å²) in [5, 5.41) is 12.9. The second-order valence-electron chi connectivity index (χ2n) is 4.33. The van der Waals surface area contributed by atoms with Gasteiger partial charge in [-0.15, -0.1) is 0 Å². The van der Waals surface area contributed by atoms with Crippen molar-refractivity contribution in [2.24, 2.45) is 0 Å². The van der Waals surface area contributed by atoms with Crippen LogP contribution in [0.25, 0.3) is 0 Å². The van der Waals surface area contributed by atoms with Crippen LogP contribution in [0.3, 0.4) is 0 Å². The molecule has 0 radical (unpaired) electrons. The smallest absolute Gasteiger partial charge is 0.172 e. The predicted molar refractivity (Wildman–Crippen MR) is 82.6 cm³/mol. The molecule has 0 spiro atoms. The van der Waals surface area contributed by atoms with E-state index in [-0.39, 0.29) is 11.6 Å². The highest BCUT2D eigenvalue weighted by Gasteiger charge is 2.09. The largest absolute Gasteiger partial charge is 0.503 e. The minimum Gasteiger partial charge on any atom is -0.503 e. The van der Waals surface area contributed by atoms with Crippen LogP contribution in [0.15, 0.2) is 34.8 Å². The van der Waals surface area contributed by atoms with Gasteiger partial charge in [-0.05, 0) is 45.8 Å². The van der Waals surface area contributed by atoms with E-state index in [2.05, 4.69) is 21.2 Å². The second-order valence-corrected chi connectivity index (χ2v) is 5.18. The molecule has 2 N–H and O–H groups in total. The van der Waals surface area contributed by atoms with Crippen molar-refractivity contribution in [1.82, 2.24) is 0 Å². The fourth-order valence-corrected chi connectivity index (χ4v) is 2.38. The van der Waals surface area contributed by atoms with Crippen molar-refractivity contribution < 1.29 is 19.0 Å². The van der Waals surface area contributed by atoms with E-state index in [0.29, 0.717) is 28.2 Å². The lowest BCUT2D eigenvalue weighted by Gasteiger charge is -2.13. The van der Waals surface area contributed by atoms with Crippen LogP contribution in [0.4, 0.5) is 10.1 Å². The van der Waals surface area contributed by atoms with E-state index in [4.69, 9.17) is 9.47 Å². The zero-order valence-electron chi connectivity index (χ0n) is 11.6. The van der Waals surface area contributed by atoms with Crippen LogP contribution in [0.5, 0.6) is 17.2 Å². The molecule has 0 atom stereocenters. The van der Waals surface area contributed by atoms with Gasteiger partial charge in [0.2, 0.25) is 0 Å². The molecule has 6 heteroatoms. The zero-order valence-corrected chi connectivity index (χ0v) is 13.2. The molecule has 2 aromatic rings. The van der Waals surface area contributed by atoms with Gasteiger partial charge < -0.3 is 19.9 Å². The molecular formula is C15H15BrFNO3. The van der Waals surface area contributed by atoms with Crippen molar-refractivity contribution in [2.45, 2.75) is 6.54 Å². The van der Waals surface area contributed by atoms with E-state index in [0.717, 1.165) is 5.56 Å². The molecule has 0 aliphatic rings. The lowest BCUT2D eigenvalue weighted by molar-refractivity contribution is 0.371. The molecule has 112 valence electrons. The Labute approximate surface area is 130 Å². The Hall–Kier alpha value is -1.95. The number of ether oxygens (including phenoxy) is 2. The summed E-state index contributed by atoms with van der Waals surface area (Å²) in [4.78, 5) is 0. The molecule has 2 aromatic carbocycles. The number of anilines is 1. The SMILES string of the molecule is COc1cc(F)ccc1NCc1cc(Br)c(O)c(OC)c1. The number of halogens is 2. The number of aromatic hydroxyl groups is 1. The topological polar surface area (TPSA) is 50.7 Å². The van der Waals surface area contributed by atoms with Crippen LogP contribution in [-0.2, 0) is 6.54 Å². The van der Waals surface area contributed by atoms with Gasteiger partial charge in [0.1, 0.15) is 11.6 Å². The summed E-state index contributed by atoms with van der Waals surface area (Å²) in [5.74, 6) is 0.513. The van der Waals surface area contributed by atoms with Crippen molar-refractivity contribution >= 4 is 21.6 Å². The number of phenols is 1. The van der Waals surface area contributed by atoms with Crippen molar-refractivity contribution in [2.75, 3.05) is 19.5 Å². The highest BCUT2D eigenvalue weighted by molar-refractivity contribution is 9.10. The molecule has 0 saturated heterocycles. The number of benzene rings is 2. The van der Waals surface area contributed by atoms with E-state index in [1.165, 1.54) is 26.4 Å². The molecular weight excluding hydrogens is 341 g/mol. The summed E-state index contributed by atoms with van der Waals surface area (Å²) in [6, 6.07) is 7.79.